The molecule has 0 heterocycles. The maximum absolute atomic E-state index is 10.7. The van der Waals surface area contributed by atoms with Crippen molar-refractivity contribution in [2.45, 2.75) is 0 Å². The van der Waals surface area contributed by atoms with E-state index in [4.69, 9.17) is 22.6 Å². The van der Waals surface area contributed by atoms with Crippen LogP contribution in [0.15, 0.2) is 36.4 Å². The first-order valence-electron chi connectivity index (χ1n) is 5.52. The van der Waals surface area contributed by atoms with Gasteiger partial charge in [-0.1, -0.05) is 11.6 Å². The summed E-state index contributed by atoms with van der Waals surface area (Å²) in [4.78, 5) is 10.1. The van der Waals surface area contributed by atoms with E-state index in [1.54, 1.807) is 18.2 Å². The smallest absolute Gasteiger partial charge is 0.292 e. The van der Waals surface area contributed by atoms with Crippen LogP contribution in [0.1, 0.15) is 5.56 Å². The molecule has 0 aliphatic carbocycles. The quantitative estimate of drug-likeness (QED) is 0.511. The molecular weight excluding hydrogens is 280 g/mol. The summed E-state index contributed by atoms with van der Waals surface area (Å²) in [7, 11) is 0. The van der Waals surface area contributed by atoms with E-state index in [-0.39, 0.29) is 11.4 Å². The van der Waals surface area contributed by atoms with E-state index < -0.39 is 4.92 Å². The third-order valence-corrected chi connectivity index (χ3v) is 2.93. The van der Waals surface area contributed by atoms with E-state index >= 15 is 0 Å². The summed E-state index contributed by atoms with van der Waals surface area (Å²) in [5, 5.41) is 22.9. The van der Waals surface area contributed by atoms with Crippen molar-refractivity contribution in [3.8, 4) is 6.07 Å². The van der Waals surface area contributed by atoms with Crippen LogP contribution in [-0.2, 0) is 0 Å². The third-order valence-electron chi connectivity index (χ3n) is 2.60. The summed E-state index contributed by atoms with van der Waals surface area (Å²) in [5.41, 5.74) is 7.02. The number of halogens is 1. The molecule has 2 aromatic rings. The Hall–Kier alpha value is -2.78. The number of hydrogen-bond acceptors (Lipinski definition) is 5. The number of nitro groups is 1. The SMILES string of the molecule is N#Cc1ccc(Cl)c(Nc2ccc([N+](=O)[O-])c(N)c2)c1. The summed E-state index contributed by atoms with van der Waals surface area (Å²) in [6.07, 6.45) is 0. The minimum atomic E-state index is -0.553. The van der Waals surface area contributed by atoms with Crippen LogP contribution in [0.2, 0.25) is 5.02 Å². The summed E-state index contributed by atoms with van der Waals surface area (Å²) in [5.74, 6) is 0. The first-order chi connectivity index (χ1) is 9.51. The van der Waals surface area contributed by atoms with Gasteiger partial charge in [0.25, 0.3) is 5.69 Å². The van der Waals surface area contributed by atoms with Gasteiger partial charge in [-0.2, -0.15) is 5.26 Å². The monoisotopic (exact) mass is 288 g/mol. The molecule has 0 unspecified atom stereocenters. The van der Waals surface area contributed by atoms with E-state index in [0.29, 0.717) is 22.0 Å². The van der Waals surface area contributed by atoms with Gasteiger partial charge in [0.15, 0.2) is 0 Å². The number of hydrogen-bond donors (Lipinski definition) is 2. The van der Waals surface area contributed by atoms with Gasteiger partial charge in [0, 0.05) is 11.8 Å². The van der Waals surface area contributed by atoms with Crippen molar-refractivity contribution in [1.82, 2.24) is 0 Å². The van der Waals surface area contributed by atoms with Crippen LogP contribution in [0.4, 0.5) is 22.7 Å². The fourth-order valence-electron chi connectivity index (χ4n) is 1.64. The van der Waals surface area contributed by atoms with Gasteiger partial charge in [0.1, 0.15) is 5.69 Å². The maximum Gasteiger partial charge on any atom is 0.292 e. The molecule has 100 valence electrons. The summed E-state index contributed by atoms with van der Waals surface area (Å²) in [6.45, 7) is 0. The number of anilines is 3. The predicted molar refractivity (Wildman–Crippen MR) is 77.0 cm³/mol. The average Bonchev–Trinajstić information content (AvgIpc) is 2.41. The number of nitriles is 1. The van der Waals surface area contributed by atoms with Crippen molar-refractivity contribution in [2.75, 3.05) is 11.1 Å². The van der Waals surface area contributed by atoms with E-state index in [0.717, 1.165) is 0 Å². The maximum atomic E-state index is 10.7. The van der Waals surface area contributed by atoms with Gasteiger partial charge >= 0.3 is 0 Å². The summed E-state index contributed by atoms with van der Waals surface area (Å²) >= 11 is 6.01. The number of rotatable bonds is 3. The second kappa shape index (κ2) is 5.47. The summed E-state index contributed by atoms with van der Waals surface area (Å²) in [6, 6.07) is 11.0. The van der Waals surface area contributed by atoms with Crippen LogP contribution in [0.3, 0.4) is 0 Å². The molecule has 0 aromatic heterocycles. The van der Waals surface area contributed by atoms with E-state index in [1.807, 2.05) is 6.07 Å². The van der Waals surface area contributed by atoms with Crippen molar-refractivity contribution in [3.05, 3.63) is 57.1 Å². The average molecular weight is 289 g/mol. The van der Waals surface area contributed by atoms with Crippen molar-refractivity contribution in [3.63, 3.8) is 0 Å². The minimum absolute atomic E-state index is 0.0487. The number of nitro benzene ring substituents is 1. The van der Waals surface area contributed by atoms with E-state index in [2.05, 4.69) is 5.32 Å². The Morgan fingerprint density at radius 1 is 1.30 bits per heavy atom. The zero-order valence-corrected chi connectivity index (χ0v) is 10.9. The number of nitrogens with zero attached hydrogens (tertiary/aromatic N) is 2. The molecule has 0 aliphatic heterocycles. The molecule has 2 rings (SSSR count). The Kier molecular flexibility index (Phi) is 3.73. The van der Waals surface area contributed by atoms with Crippen LogP contribution >= 0.6 is 11.6 Å². The van der Waals surface area contributed by atoms with Crippen LogP contribution in [-0.4, -0.2) is 4.92 Å². The van der Waals surface area contributed by atoms with Gasteiger partial charge in [0.05, 0.1) is 27.3 Å². The second-order valence-corrected chi connectivity index (χ2v) is 4.37. The first kappa shape index (κ1) is 13.6. The Morgan fingerprint density at radius 3 is 2.65 bits per heavy atom. The first-order valence-corrected chi connectivity index (χ1v) is 5.89. The van der Waals surface area contributed by atoms with Crippen molar-refractivity contribution >= 4 is 34.4 Å². The number of benzene rings is 2. The second-order valence-electron chi connectivity index (χ2n) is 3.96. The zero-order chi connectivity index (χ0) is 14.7. The fraction of sp³-hybridized carbons (Fsp3) is 0. The molecule has 0 radical (unpaired) electrons. The van der Waals surface area contributed by atoms with Crippen LogP contribution in [0, 0.1) is 21.4 Å². The Bertz CT molecular complexity index is 725. The molecule has 0 aliphatic rings. The highest BCUT2D eigenvalue weighted by Crippen LogP contribution is 2.30. The number of nitrogens with two attached hydrogens (primary N) is 1. The lowest BCUT2D eigenvalue weighted by Crippen LogP contribution is -1.98. The number of nitrogen functional groups attached to an aromatic ring is 1. The van der Waals surface area contributed by atoms with E-state index in [9.17, 15) is 10.1 Å². The minimum Gasteiger partial charge on any atom is -0.393 e. The van der Waals surface area contributed by atoms with Gasteiger partial charge in [-0.15, -0.1) is 0 Å². The Balaban J connectivity index is 2.33. The zero-order valence-electron chi connectivity index (χ0n) is 10.1. The molecule has 0 saturated carbocycles. The van der Waals surface area contributed by atoms with Crippen molar-refractivity contribution < 1.29 is 4.92 Å². The normalized spacial score (nSPS) is 9.80. The molecule has 0 spiro atoms. The van der Waals surface area contributed by atoms with Crippen molar-refractivity contribution in [1.29, 1.82) is 5.26 Å². The molecule has 0 fully saturated rings. The molecular formula is C13H9ClN4O2. The van der Waals surface area contributed by atoms with Gasteiger partial charge in [0.2, 0.25) is 0 Å². The standard InChI is InChI=1S/C13H9ClN4O2/c14-10-3-1-8(7-15)5-12(10)17-9-2-4-13(18(19)20)11(16)6-9/h1-6,17H,16H2. The number of nitrogens with one attached hydrogen (secondary N) is 1. The fourth-order valence-corrected chi connectivity index (χ4v) is 1.81. The summed E-state index contributed by atoms with van der Waals surface area (Å²) < 4.78 is 0. The molecule has 7 heteroatoms. The molecule has 0 amide bonds. The molecule has 20 heavy (non-hydrogen) atoms. The Morgan fingerprint density at radius 2 is 2.05 bits per heavy atom. The van der Waals surface area contributed by atoms with Gasteiger partial charge < -0.3 is 11.1 Å². The highest BCUT2D eigenvalue weighted by atomic mass is 35.5. The van der Waals surface area contributed by atoms with Gasteiger partial charge in [-0.25, -0.2) is 0 Å². The Labute approximate surface area is 119 Å². The molecule has 0 saturated heterocycles. The lowest BCUT2D eigenvalue weighted by molar-refractivity contribution is -0.383. The lowest BCUT2D eigenvalue weighted by Gasteiger charge is -2.09. The third kappa shape index (κ3) is 2.79. The van der Waals surface area contributed by atoms with Crippen molar-refractivity contribution in [2.24, 2.45) is 0 Å². The van der Waals surface area contributed by atoms with E-state index in [1.165, 1.54) is 18.2 Å². The molecule has 0 bridgehead atoms. The highest BCUT2D eigenvalue weighted by Gasteiger charge is 2.11. The van der Waals surface area contributed by atoms with Crippen LogP contribution < -0.4 is 11.1 Å². The van der Waals surface area contributed by atoms with Crippen LogP contribution in [0.5, 0.6) is 0 Å². The molecule has 0 atom stereocenters. The molecule has 2 aromatic carbocycles. The van der Waals surface area contributed by atoms with Gasteiger partial charge in [-0.05, 0) is 30.3 Å². The molecule has 3 N–H and O–H groups in total. The lowest BCUT2D eigenvalue weighted by atomic mass is 10.2. The van der Waals surface area contributed by atoms with Gasteiger partial charge in [-0.3, -0.25) is 10.1 Å². The predicted octanol–water partition coefficient (Wildman–Crippen LogP) is 3.45. The topological polar surface area (TPSA) is 105 Å². The largest absolute Gasteiger partial charge is 0.393 e. The molecule has 6 nitrogen and oxygen atoms in total. The van der Waals surface area contributed by atoms with Crippen LogP contribution in [0.25, 0.3) is 0 Å². The highest BCUT2D eigenvalue weighted by molar-refractivity contribution is 6.33.